The Morgan fingerprint density at radius 3 is 2.62 bits per heavy atom. The van der Waals surface area contributed by atoms with Crippen molar-refractivity contribution in [3.63, 3.8) is 0 Å². The van der Waals surface area contributed by atoms with Gasteiger partial charge >= 0.3 is 0 Å². The molecular formula is C15H23NO3S2. The molecule has 0 heterocycles. The molecular weight excluding hydrogens is 306 g/mol. The molecule has 1 aromatic rings. The molecule has 21 heavy (non-hydrogen) atoms. The minimum absolute atomic E-state index is 0.0211. The van der Waals surface area contributed by atoms with Gasteiger partial charge in [-0.2, -0.15) is 11.8 Å². The van der Waals surface area contributed by atoms with Crippen molar-refractivity contribution in [2.24, 2.45) is 0 Å². The molecule has 1 aliphatic carbocycles. The second kappa shape index (κ2) is 6.69. The summed E-state index contributed by atoms with van der Waals surface area (Å²) in [6.45, 7) is 1.66. The Bertz CT molecular complexity index is 597. The van der Waals surface area contributed by atoms with Gasteiger partial charge in [0, 0.05) is 12.3 Å². The molecule has 1 aromatic carbocycles. The topological polar surface area (TPSA) is 66.4 Å². The highest BCUT2D eigenvalue weighted by molar-refractivity contribution is 7.98. The van der Waals surface area contributed by atoms with Gasteiger partial charge in [-0.15, -0.1) is 0 Å². The number of thioether (sulfide) groups is 1. The molecule has 1 aliphatic rings. The standard InChI is InChI=1S/C15H23NO3S2/c1-15(17,11-20-2)10-16-21(18,19)14-8-7-12-5-3-4-6-13(12)9-14/h7-9,16-17H,3-6,10-11H2,1-2H3/t15-/m1/s1. The Kier molecular flexibility index (Phi) is 5.35. The van der Waals surface area contributed by atoms with Gasteiger partial charge in [0.25, 0.3) is 0 Å². The van der Waals surface area contributed by atoms with Gasteiger partial charge < -0.3 is 5.11 Å². The summed E-state index contributed by atoms with van der Waals surface area (Å²) in [4.78, 5) is 0.295. The molecule has 0 aliphatic heterocycles. The monoisotopic (exact) mass is 329 g/mol. The minimum Gasteiger partial charge on any atom is -0.388 e. The van der Waals surface area contributed by atoms with Crippen LogP contribution in [0.1, 0.15) is 30.9 Å². The number of nitrogens with one attached hydrogen (secondary N) is 1. The van der Waals surface area contributed by atoms with Crippen molar-refractivity contribution in [2.45, 2.75) is 43.1 Å². The van der Waals surface area contributed by atoms with Crippen molar-refractivity contribution in [3.05, 3.63) is 29.3 Å². The lowest BCUT2D eigenvalue weighted by Gasteiger charge is -2.23. The first kappa shape index (κ1) is 16.8. The number of hydrogen-bond donors (Lipinski definition) is 2. The van der Waals surface area contributed by atoms with Gasteiger partial charge in [0.2, 0.25) is 10.0 Å². The molecule has 0 aromatic heterocycles. The van der Waals surface area contributed by atoms with E-state index in [0.29, 0.717) is 10.6 Å². The van der Waals surface area contributed by atoms with E-state index in [0.717, 1.165) is 24.8 Å². The number of fused-ring (bicyclic) bond motifs is 1. The SMILES string of the molecule is CSC[C@](C)(O)CNS(=O)(=O)c1ccc2c(c1)CCCC2. The van der Waals surface area contributed by atoms with Crippen molar-refractivity contribution in [2.75, 3.05) is 18.6 Å². The highest BCUT2D eigenvalue weighted by Gasteiger charge is 2.24. The lowest BCUT2D eigenvalue weighted by Crippen LogP contribution is -2.42. The van der Waals surface area contributed by atoms with Gasteiger partial charge in [-0.25, -0.2) is 13.1 Å². The molecule has 1 atom stereocenters. The third-order valence-electron chi connectivity index (χ3n) is 3.73. The molecule has 0 amide bonds. The van der Waals surface area contributed by atoms with E-state index in [1.54, 1.807) is 19.1 Å². The molecule has 2 N–H and O–H groups in total. The molecule has 0 saturated heterocycles. The van der Waals surface area contributed by atoms with Gasteiger partial charge in [0.05, 0.1) is 10.5 Å². The third kappa shape index (κ3) is 4.45. The number of sulfonamides is 1. The fourth-order valence-electron chi connectivity index (χ4n) is 2.57. The number of aryl methyl sites for hydroxylation is 2. The zero-order chi connectivity index (χ0) is 15.5. The van der Waals surface area contributed by atoms with Crippen LogP contribution < -0.4 is 4.72 Å². The van der Waals surface area contributed by atoms with Crippen LogP contribution >= 0.6 is 11.8 Å². The zero-order valence-electron chi connectivity index (χ0n) is 12.6. The summed E-state index contributed by atoms with van der Waals surface area (Å²) >= 11 is 1.49. The number of hydrogen-bond acceptors (Lipinski definition) is 4. The van der Waals surface area contributed by atoms with Gasteiger partial charge in [0.1, 0.15) is 0 Å². The number of benzene rings is 1. The molecule has 4 nitrogen and oxygen atoms in total. The molecule has 0 unspecified atom stereocenters. The van der Waals surface area contributed by atoms with Crippen LogP contribution in [0, 0.1) is 0 Å². The van der Waals surface area contributed by atoms with Crippen molar-refractivity contribution in [3.8, 4) is 0 Å². The van der Waals surface area contributed by atoms with Crippen molar-refractivity contribution >= 4 is 21.8 Å². The first-order chi connectivity index (χ1) is 9.84. The largest absolute Gasteiger partial charge is 0.388 e. The predicted molar refractivity (Wildman–Crippen MR) is 87.3 cm³/mol. The molecule has 0 bridgehead atoms. The Hall–Kier alpha value is -0.560. The van der Waals surface area contributed by atoms with E-state index in [-0.39, 0.29) is 6.54 Å². The summed E-state index contributed by atoms with van der Waals surface area (Å²) in [6, 6.07) is 5.36. The summed E-state index contributed by atoms with van der Waals surface area (Å²) in [5.41, 5.74) is 1.36. The van der Waals surface area contributed by atoms with E-state index in [4.69, 9.17) is 0 Å². The van der Waals surface area contributed by atoms with Crippen LogP contribution in [0.15, 0.2) is 23.1 Å². The Balaban J connectivity index is 2.12. The summed E-state index contributed by atoms with van der Waals surface area (Å²) < 4.78 is 27.2. The van der Waals surface area contributed by atoms with Gasteiger partial charge in [0.15, 0.2) is 0 Å². The van der Waals surface area contributed by atoms with E-state index in [2.05, 4.69) is 4.72 Å². The lowest BCUT2D eigenvalue weighted by atomic mass is 9.92. The van der Waals surface area contributed by atoms with E-state index in [9.17, 15) is 13.5 Å². The third-order valence-corrected chi connectivity index (χ3v) is 6.04. The molecule has 0 fully saturated rings. The smallest absolute Gasteiger partial charge is 0.240 e. The molecule has 0 radical (unpaired) electrons. The van der Waals surface area contributed by atoms with Crippen LogP contribution in [0.25, 0.3) is 0 Å². The number of aliphatic hydroxyl groups is 1. The summed E-state index contributed by atoms with van der Waals surface area (Å²) in [6.07, 6.45) is 6.15. The van der Waals surface area contributed by atoms with Crippen LogP contribution in [0.4, 0.5) is 0 Å². The van der Waals surface area contributed by atoms with Crippen LogP contribution in [0.3, 0.4) is 0 Å². The van der Waals surface area contributed by atoms with Gasteiger partial charge in [-0.1, -0.05) is 6.07 Å². The van der Waals surface area contributed by atoms with E-state index >= 15 is 0 Å². The molecule has 0 spiro atoms. The molecule has 118 valence electrons. The fraction of sp³-hybridized carbons (Fsp3) is 0.600. The predicted octanol–water partition coefficient (Wildman–Crippen LogP) is 1.96. The normalized spacial score (nSPS) is 18.0. The summed E-state index contributed by atoms with van der Waals surface area (Å²) in [7, 11) is -3.56. The van der Waals surface area contributed by atoms with E-state index in [1.807, 2.05) is 12.3 Å². The van der Waals surface area contributed by atoms with Gasteiger partial charge in [-0.05, 0) is 62.1 Å². The minimum atomic E-state index is -3.56. The van der Waals surface area contributed by atoms with Crippen LogP contribution in [-0.2, 0) is 22.9 Å². The summed E-state index contributed by atoms with van der Waals surface area (Å²) in [5, 5.41) is 10.1. The highest BCUT2D eigenvalue weighted by Crippen LogP contribution is 2.24. The van der Waals surface area contributed by atoms with Crippen molar-refractivity contribution < 1.29 is 13.5 Å². The van der Waals surface area contributed by atoms with Crippen molar-refractivity contribution in [1.82, 2.24) is 4.72 Å². The van der Waals surface area contributed by atoms with E-state index < -0.39 is 15.6 Å². The Morgan fingerprint density at radius 1 is 1.29 bits per heavy atom. The molecule has 6 heteroatoms. The van der Waals surface area contributed by atoms with Crippen LogP contribution in [0.2, 0.25) is 0 Å². The molecule has 2 rings (SSSR count). The Morgan fingerprint density at radius 2 is 1.95 bits per heavy atom. The second-order valence-electron chi connectivity index (χ2n) is 5.89. The fourth-order valence-corrected chi connectivity index (χ4v) is 4.51. The maximum absolute atomic E-state index is 12.3. The van der Waals surface area contributed by atoms with Crippen LogP contribution in [-0.4, -0.2) is 37.7 Å². The first-order valence-electron chi connectivity index (χ1n) is 7.17. The van der Waals surface area contributed by atoms with Crippen LogP contribution in [0.5, 0.6) is 0 Å². The van der Waals surface area contributed by atoms with E-state index in [1.165, 1.54) is 23.7 Å². The average molecular weight is 329 g/mol. The molecule has 0 saturated carbocycles. The summed E-state index contributed by atoms with van der Waals surface area (Å²) in [5.74, 6) is 0.486. The highest BCUT2D eigenvalue weighted by atomic mass is 32.2. The second-order valence-corrected chi connectivity index (χ2v) is 8.53. The van der Waals surface area contributed by atoms with Crippen molar-refractivity contribution in [1.29, 1.82) is 0 Å². The maximum Gasteiger partial charge on any atom is 0.240 e. The number of rotatable bonds is 6. The first-order valence-corrected chi connectivity index (χ1v) is 10.0. The average Bonchev–Trinajstić information content (AvgIpc) is 2.45. The Labute approximate surface area is 131 Å². The maximum atomic E-state index is 12.3. The lowest BCUT2D eigenvalue weighted by molar-refractivity contribution is 0.0908. The van der Waals surface area contributed by atoms with Gasteiger partial charge in [-0.3, -0.25) is 0 Å². The quantitative estimate of drug-likeness (QED) is 0.837. The zero-order valence-corrected chi connectivity index (χ0v) is 14.2.